The minimum atomic E-state index is -1.06. The van der Waals surface area contributed by atoms with Crippen molar-refractivity contribution in [2.75, 3.05) is 32.8 Å². The van der Waals surface area contributed by atoms with E-state index in [1.807, 2.05) is 0 Å². The summed E-state index contributed by atoms with van der Waals surface area (Å²) in [5.74, 6) is -2.29. The first-order valence-electron chi connectivity index (χ1n) is 12.2. The Bertz CT molecular complexity index is 748. The molecule has 3 aliphatic rings. The quantitative estimate of drug-likeness (QED) is 0.170. The Kier molecular flexibility index (Phi) is 8.97. The van der Waals surface area contributed by atoms with Crippen LogP contribution in [0.3, 0.4) is 0 Å². The molecule has 0 aliphatic carbocycles. The number of esters is 1. The van der Waals surface area contributed by atoms with E-state index in [9.17, 15) is 19.5 Å². The van der Waals surface area contributed by atoms with E-state index in [1.165, 1.54) is 0 Å². The van der Waals surface area contributed by atoms with Crippen molar-refractivity contribution in [3.8, 4) is 0 Å². The molecule has 1 spiro atoms. The van der Waals surface area contributed by atoms with Crippen molar-refractivity contribution in [1.29, 1.82) is 0 Å². The number of unbranched alkanes of at least 4 members (excludes halogenated alkanes) is 3. The average Bonchev–Trinajstić information content (AvgIpc) is 3.37. The molecule has 3 fully saturated rings. The molecule has 3 rings (SSSR count). The van der Waals surface area contributed by atoms with Crippen LogP contribution in [0.15, 0.2) is 12.7 Å². The first kappa shape index (κ1) is 26.2. The first-order chi connectivity index (χ1) is 15.9. The van der Waals surface area contributed by atoms with Crippen molar-refractivity contribution in [3.05, 3.63) is 12.7 Å². The standard InChI is InChI=1S/C24H37BrN2O6/c1-4-7-8-12-26(11-5-2)22(30)20-24-15-16(25)19(33-24)17(23(31)32-6-3)18(24)21(29)27(20)13-9-10-14-28/h5,16-20,28H,2,4,6-15H2,1,3H3/t16?,17-,18-,19-,20?,24?/m0/s1. The Morgan fingerprint density at radius 1 is 1.33 bits per heavy atom. The molecule has 0 saturated carbocycles. The number of nitrogens with zero attached hydrogens (tertiary/aromatic N) is 2. The minimum absolute atomic E-state index is 0.0162. The van der Waals surface area contributed by atoms with Crippen molar-refractivity contribution < 1.29 is 29.0 Å². The molecule has 0 radical (unpaired) electrons. The number of aliphatic hydroxyl groups is 1. The van der Waals surface area contributed by atoms with Gasteiger partial charge in [-0.05, 0) is 32.6 Å². The number of carbonyl (C=O) groups is 3. The maximum Gasteiger partial charge on any atom is 0.312 e. The number of alkyl halides is 1. The molecule has 3 saturated heterocycles. The Morgan fingerprint density at radius 3 is 2.73 bits per heavy atom. The maximum absolute atomic E-state index is 14.0. The van der Waals surface area contributed by atoms with Crippen LogP contribution in [-0.4, -0.2) is 88.1 Å². The lowest BCUT2D eigenvalue weighted by atomic mass is 9.70. The molecule has 8 nitrogen and oxygen atoms in total. The number of ether oxygens (including phenoxy) is 2. The molecule has 186 valence electrons. The third-order valence-electron chi connectivity index (χ3n) is 7.08. The summed E-state index contributed by atoms with van der Waals surface area (Å²) in [6, 6.07) is -0.806. The van der Waals surface area contributed by atoms with Gasteiger partial charge in [0.2, 0.25) is 11.8 Å². The van der Waals surface area contributed by atoms with Gasteiger partial charge < -0.3 is 24.4 Å². The van der Waals surface area contributed by atoms with Gasteiger partial charge in [-0.3, -0.25) is 14.4 Å². The molecule has 3 aliphatic heterocycles. The van der Waals surface area contributed by atoms with E-state index in [1.54, 1.807) is 22.8 Å². The molecule has 1 N–H and O–H groups in total. The van der Waals surface area contributed by atoms with Gasteiger partial charge in [0.25, 0.3) is 0 Å². The summed E-state index contributed by atoms with van der Waals surface area (Å²) in [5, 5.41) is 9.25. The fraction of sp³-hybridized carbons (Fsp3) is 0.792. The lowest BCUT2D eigenvalue weighted by Gasteiger charge is -2.37. The van der Waals surface area contributed by atoms with Crippen molar-refractivity contribution in [2.45, 2.75) is 74.9 Å². The Labute approximate surface area is 204 Å². The monoisotopic (exact) mass is 528 g/mol. The van der Waals surface area contributed by atoms with Crippen LogP contribution in [-0.2, 0) is 23.9 Å². The largest absolute Gasteiger partial charge is 0.466 e. The van der Waals surface area contributed by atoms with Crippen LogP contribution < -0.4 is 0 Å². The van der Waals surface area contributed by atoms with E-state index in [0.29, 0.717) is 38.9 Å². The van der Waals surface area contributed by atoms with Crippen molar-refractivity contribution in [3.63, 3.8) is 0 Å². The van der Waals surface area contributed by atoms with Crippen LogP contribution in [0, 0.1) is 11.8 Å². The smallest absolute Gasteiger partial charge is 0.312 e. The SMILES string of the molecule is C=CCN(CCCCC)C(=O)C1N(CCCCO)C(=O)[C@@H]2[C@H](C(=O)OCC)[C@H]3OC12CC3Br. The molecular weight excluding hydrogens is 492 g/mol. The number of hydrogen-bond acceptors (Lipinski definition) is 6. The molecule has 9 heteroatoms. The van der Waals surface area contributed by atoms with E-state index in [0.717, 1.165) is 19.3 Å². The zero-order chi connectivity index (χ0) is 24.2. The van der Waals surface area contributed by atoms with Crippen molar-refractivity contribution in [2.24, 2.45) is 11.8 Å². The third-order valence-corrected chi connectivity index (χ3v) is 7.93. The molecule has 2 amide bonds. The van der Waals surface area contributed by atoms with Gasteiger partial charge in [-0.15, -0.1) is 6.58 Å². The molecule has 0 aromatic rings. The van der Waals surface area contributed by atoms with Gasteiger partial charge in [0, 0.05) is 31.1 Å². The number of aliphatic hydroxyl groups excluding tert-OH is 1. The fourth-order valence-corrected chi connectivity index (χ4v) is 6.67. The summed E-state index contributed by atoms with van der Waals surface area (Å²) in [6.07, 6.45) is 5.69. The minimum Gasteiger partial charge on any atom is -0.466 e. The van der Waals surface area contributed by atoms with Crippen LogP contribution in [0.1, 0.15) is 52.4 Å². The summed E-state index contributed by atoms with van der Waals surface area (Å²) in [5.41, 5.74) is -1.06. The molecular formula is C24H37BrN2O6. The number of rotatable bonds is 13. The number of amides is 2. The van der Waals surface area contributed by atoms with Crippen molar-refractivity contribution >= 4 is 33.7 Å². The van der Waals surface area contributed by atoms with E-state index in [2.05, 4.69) is 29.4 Å². The van der Waals surface area contributed by atoms with Crippen LogP contribution in [0.4, 0.5) is 0 Å². The lowest BCUT2D eigenvalue weighted by molar-refractivity contribution is -0.154. The van der Waals surface area contributed by atoms with E-state index < -0.39 is 35.6 Å². The topological polar surface area (TPSA) is 96.4 Å². The van der Waals surface area contributed by atoms with E-state index >= 15 is 0 Å². The predicted octanol–water partition coefficient (Wildman–Crippen LogP) is 2.27. The number of carbonyl (C=O) groups excluding carboxylic acids is 3. The lowest BCUT2D eigenvalue weighted by Crippen LogP contribution is -2.57. The molecule has 3 unspecified atom stereocenters. The van der Waals surface area contributed by atoms with Crippen LogP contribution >= 0.6 is 15.9 Å². The predicted molar refractivity (Wildman–Crippen MR) is 127 cm³/mol. The normalized spacial score (nSPS) is 32.2. The summed E-state index contributed by atoms with van der Waals surface area (Å²) in [6.45, 7) is 9.20. The van der Waals surface area contributed by atoms with E-state index in [4.69, 9.17) is 9.47 Å². The molecule has 33 heavy (non-hydrogen) atoms. The zero-order valence-corrected chi connectivity index (χ0v) is 21.3. The summed E-state index contributed by atoms with van der Waals surface area (Å²) >= 11 is 3.65. The second kappa shape index (κ2) is 11.3. The van der Waals surface area contributed by atoms with Crippen LogP contribution in [0.2, 0.25) is 0 Å². The van der Waals surface area contributed by atoms with E-state index in [-0.39, 0.29) is 29.9 Å². The number of likely N-dealkylation sites (tertiary alicyclic amines) is 1. The fourth-order valence-electron chi connectivity index (χ4n) is 5.72. The second-order valence-electron chi connectivity index (χ2n) is 9.16. The summed E-state index contributed by atoms with van der Waals surface area (Å²) in [7, 11) is 0. The van der Waals surface area contributed by atoms with Gasteiger partial charge in [0.05, 0.1) is 24.5 Å². The third kappa shape index (κ3) is 4.73. The zero-order valence-electron chi connectivity index (χ0n) is 19.7. The Balaban J connectivity index is 1.98. The highest BCUT2D eigenvalue weighted by Crippen LogP contribution is 2.60. The van der Waals surface area contributed by atoms with Gasteiger partial charge >= 0.3 is 5.97 Å². The Morgan fingerprint density at radius 2 is 2.09 bits per heavy atom. The molecule has 6 atom stereocenters. The summed E-state index contributed by atoms with van der Waals surface area (Å²) in [4.78, 5) is 43.8. The van der Waals surface area contributed by atoms with Gasteiger partial charge in [-0.1, -0.05) is 41.8 Å². The number of hydrogen-bond donors (Lipinski definition) is 1. The first-order valence-corrected chi connectivity index (χ1v) is 13.1. The van der Waals surface area contributed by atoms with Gasteiger partial charge in [-0.25, -0.2) is 0 Å². The Hall–Kier alpha value is -1.45. The van der Waals surface area contributed by atoms with Crippen LogP contribution in [0.25, 0.3) is 0 Å². The molecule has 3 heterocycles. The average molecular weight is 529 g/mol. The highest BCUT2D eigenvalue weighted by atomic mass is 79.9. The van der Waals surface area contributed by atoms with Gasteiger partial charge in [-0.2, -0.15) is 0 Å². The van der Waals surface area contributed by atoms with Gasteiger partial charge in [0.1, 0.15) is 11.6 Å². The van der Waals surface area contributed by atoms with Crippen molar-refractivity contribution in [1.82, 2.24) is 9.80 Å². The highest BCUT2D eigenvalue weighted by Gasteiger charge is 2.76. The summed E-state index contributed by atoms with van der Waals surface area (Å²) < 4.78 is 11.7. The molecule has 0 aromatic carbocycles. The number of fused-ring (bicyclic) bond motifs is 1. The maximum atomic E-state index is 14.0. The van der Waals surface area contributed by atoms with Crippen LogP contribution in [0.5, 0.6) is 0 Å². The number of halogens is 1. The molecule has 0 aromatic heterocycles. The van der Waals surface area contributed by atoms with Gasteiger partial charge in [0.15, 0.2) is 0 Å². The molecule has 2 bridgehead atoms. The highest BCUT2D eigenvalue weighted by molar-refractivity contribution is 9.09. The second-order valence-corrected chi connectivity index (χ2v) is 10.3.